The van der Waals surface area contributed by atoms with Crippen LogP contribution in [0.1, 0.15) is 48.7 Å². The van der Waals surface area contributed by atoms with E-state index in [0.29, 0.717) is 32.0 Å². The van der Waals surface area contributed by atoms with Crippen molar-refractivity contribution in [3.05, 3.63) is 92.6 Å². The van der Waals surface area contributed by atoms with Gasteiger partial charge in [-0.25, -0.2) is 19.0 Å². The second kappa shape index (κ2) is 14.8. The third kappa shape index (κ3) is 7.39. The first-order valence-electron chi connectivity index (χ1n) is 16.8. The highest BCUT2D eigenvalue weighted by Gasteiger charge is 2.33. The van der Waals surface area contributed by atoms with E-state index in [4.69, 9.17) is 16.8 Å². The Morgan fingerprint density at radius 1 is 0.938 bits per heavy atom. The Kier molecular flexibility index (Phi) is 10.3. The van der Waals surface area contributed by atoms with E-state index in [1.807, 2.05) is 50.6 Å². The first kappa shape index (κ1) is 33.4. The monoisotopic (exact) mass is 795 g/mol. The fourth-order valence-electron chi connectivity index (χ4n) is 7.36. The lowest BCUT2D eigenvalue weighted by molar-refractivity contribution is 0.133. The highest BCUT2D eigenvalue weighted by molar-refractivity contribution is 9.13. The minimum atomic E-state index is -0.348. The molecule has 0 bridgehead atoms. The lowest BCUT2D eigenvalue weighted by atomic mass is 9.97. The van der Waals surface area contributed by atoms with Gasteiger partial charge in [-0.05, 0) is 130 Å². The number of halogens is 3. The van der Waals surface area contributed by atoms with Gasteiger partial charge in [-0.1, -0.05) is 36.4 Å². The molecule has 0 radical (unpaired) electrons. The minimum absolute atomic E-state index is 0.0563. The molecular weight excluding hydrogens is 758 g/mol. The van der Waals surface area contributed by atoms with Crippen molar-refractivity contribution < 1.29 is 9.59 Å². The normalized spacial score (nSPS) is 18.8. The molecule has 1 atom stereocenters. The van der Waals surface area contributed by atoms with E-state index in [-0.39, 0.29) is 24.1 Å². The van der Waals surface area contributed by atoms with Gasteiger partial charge < -0.3 is 25.0 Å². The van der Waals surface area contributed by atoms with Crippen LogP contribution in [0.5, 0.6) is 0 Å². The maximum atomic E-state index is 14.0. The van der Waals surface area contributed by atoms with Gasteiger partial charge in [0.1, 0.15) is 5.82 Å². The number of piperidine rings is 2. The molecule has 4 amide bonds. The molecule has 1 unspecified atom stereocenters. The molecular formula is C36H40Br2ClN7O2. The first-order valence-corrected chi connectivity index (χ1v) is 18.8. The van der Waals surface area contributed by atoms with Crippen molar-refractivity contribution in [2.24, 2.45) is 5.92 Å². The number of carbonyl (C=O) groups is 2. The summed E-state index contributed by atoms with van der Waals surface area (Å²) in [5.41, 5.74) is 5.15. The molecule has 0 spiro atoms. The molecule has 2 saturated heterocycles. The maximum Gasteiger partial charge on any atom is 0.322 e. The highest BCUT2D eigenvalue weighted by Crippen LogP contribution is 2.31. The number of benzene rings is 3. The number of nitrogens with zero attached hydrogens (tertiary/aromatic N) is 5. The molecule has 2 fully saturated rings. The third-order valence-corrected chi connectivity index (χ3v) is 12.3. The van der Waals surface area contributed by atoms with Gasteiger partial charge >= 0.3 is 12.1 Å². The molecule has 3 aliphatic heterocycles. The van der Waals surface area contributed by atoms with Crippen LogP contribution in [0.25, 0.3) is 11.0 Å². The fraction of sp³-hybridized carbons (Fsp3) is 0.417. The number of likely N-dealkylation sites (tertiary alicyclic amines) is 1. The summed E-state index contributed by atoms with van der Waals surface area (Å²) in [5, 5.41) is 6.51. The van der Waals surface area contributed by atoms with Gasteiger partial charge in [0.05, 0.1) is 17.1 Å². The van der Waals surface area contributed by atoms with Gasteiger partial charge in [0.15, 0.2) is 0 Å². The lowest BCUT2D eigenvalue weighted by Crippen LogP contribution is -2.52. The predicted molar refractivity (Wildman–Crippen MR) is 197 cm³/mol. The van der Waals surface area contributed by atoms with Crippen LogP contribution in [0.2, 0.25) is 0 Å². The fourth-order valence-corrected chi connectivity index (χ4v) is 8.23. The Labute approximate surface area is 303 Å². The minimum Gasteiger partial charge on any atom is -0.328 e. The van der Waals surface area contributed by atoms with E-state index in [1.54, 1.807) is 0 Å². The number of carbonyl (C=O) groups excluding carboxylic acids is 2. The zero-order valence-electron chi connectivity index (χ0n) is 26.8. The third-order valence-electron chi connectivity index (χ3n) is 10.1. The number of amides is 4. The van der Waals surface area contributed by atoms with Crippen LogP contribution in [0.3, 0.4) is 0 Å². The number of hydrogen-bond acceptors (Lipinski definition) is 4. The largest absolute Gasteiger partial charge is 0.328 e. The lowest BCUT2D eigenvalue weighted by Gasteiger charge is -2.38. The molecule has 4 heterocycles. The van der Waals surface area contributed by atoms with Gasteiger partial charge in [0, 0.05) is 59.9 Å². The van der Waals surface area contributed by atoms with E-state index in [9.17, 15) is 9.59 Å². The van der Waals surface area contributed by atoms with E-state index < -0.39 is 0 Å². The SMILES string of the molecule is O=C(NC(Cc1ccc(Br)c(Br)c1)c1nc2ccccc2n1CC1CCN(Cl)CC1)N1CCC(N2CCc3ccccc3NC2=O)CC1. The van der Waals surface area contributed by atoms with Gasteiger partial charge in [0.25, 0.3) is 0 Å². The average Bonchev–Trinajstić information content (AvgIpc) is 3.36. The van der Waals surface area contributed by atoms with E-state index in [1.165, 1.54) is 0 Å². The predicted octanol–water partition coefficient (Wildman–Crippen LogP) is 7.98. The van der Waals surface area contributed by atoms with Crippen LogP contribution in [0.4, 0.5) is 15.3 Å². The van der Waals surface area contributed by atoms with E-state index in [0.717, 1.165) is 94.4 Å². The molecule has 0 aliphatic carbocycles. The number of imidazole rings is 1. The van der Waals surface area contributed by atoms with Crippen molar-refractivity contribution in [2.45, 2.75) is 57.2 Å². The van der Waals surface area contributed by atoms with Crippen LogP contribution >= 0.6 is 43.6 Å². The van der Waals surface area contributed by atoms with Crippen molar-refractivity contribution >= 4 is 72.4 Å². The smallest absolute Gasteiger partial charge is 0.322 e. The molecule has 1 aromatic heterocycles. The molecule has 7 rings (SSSR count). The topological polar surface area (TPSA) is 85.7 Å². The number of nitrogens with one attached hydrogen (secondary N) is 2. The molecule has 0 saturated carbocycles. The quantitative estimate of drug-likeness (QED) is 0.186. The zero-order chi connectivity index (χ0) is 33.2. The van der Waals surface area contributed by atoms with Gasteiger partial charge in [-0.3, -0.25) is 0 Å². The number of fused-ring (bicyclic) bond motifs is 2. The number of hydrogen-bond donors (Lipinski definition) is 2. The Morgan fingerprint density at radius 3 is 2.48 bits per heavy atom. The van der Waals surface area contributed by atoms with Gasteiger partial charge in [-0.2, -0.15) is 0 Å². The number of para-hydroxylation sites is 3. The summed E-state index contributed by atoms with van der Waals surface area (Å²) in [6.07, 6.45) is 4.91. The number of anilines is 1. The van der Waals surface area contributed by atoms with Crippen molar-refractivity contribution in [3.8, 4) is 0 Å². The molecule has 3 aromatic carbocycles. The number of urea groups is 2. The van der Waals surface area contributed by atoms with Crippen LogP contribution in [-0.2, 0) is 19.4 Å². The summed E-state index contributed by atoms with van der Waals surface area (Å²) in [4.78, 5) is 36.2. The first-order chi connectivity index (χ1) is 23.3. The summed E-state index contributed by atoms with van der Waals surface area (Å²) in [5.74, 6) is 1.34. The summed E-state index contributed by atoms with van der Waals surface area (Å²) >= 11 is 13.6. The molecule has 252 valence electrons. The van der Waals surface area contributed by atoms with Crippen LogP contribution < -0.4 is 10.6 Å². The van der Waals surface area contributed by atoms with Crippen molar-refractivity contribution in [1.29, 1.82) is 0 Å². The Hall–Kier alpha value is -3.12. The standard InChI is InChI=1S/C36H40Br2ClN7O2/c37-28-10-9-25(21-29(28)38)22-32(34-40-31-7-3-4-8-33(31)46(34)23-24-11-18-44(39)19-12-24)42-35(47)43-16-14-27(15-17-43)45-20-13-26-5-1-2-6-30(26)41-36(45)48/h1-10,21,24,27,32H,11-20,22-23H2,(H,41,48)(H,42,47). The van der Waals surface area contributed by atoms with E-state index >= 15 is 0 Å². The molecule has 12 heteroatoms. The molecule has 3 aliphatic rings. The van der Waals surface area contributed by atoms with Crippen molar-refractivity contribution in [1.82, 2.24) is 29.1 Å². The highest BCUT2D eigenvalue weighted by atomic mass is 79.9. The summed E-state index contributed by atoms with van der Waals surface area (Å²) in [6.45, 7) is 4.38. The summed E-state index contributed by atoms with van der Waals surface area (Å²) < 4.78 is 6.15. The Balaban J connectivity index is 1.10. The molecule has 48 heavy (non-hydrogen) atoms. The molecule has 9 nitrogen and oxygen atoms in total. The van der Waals surface area contributed by atoms with Gasteiger partial charge in [-0.15, -0.1) is 0 Å². The number of aromatic nitrogens is 2. The number of rotatable bonds is 7. The Morgan fingerprint density at radius 2 is 1.69 bits per heavy atom. The second-order valence-corrected chi connectivity index (χ2v) is 15.3. The maximum absolute atomic E-state index is 14.0. The molecule has 4 aromatic rings. The van der Waals surface area contributed by atoms with Crippen LogP contribution in [0, 0.1) is 5.92 Å². The zero-order valence-corrected chi connectivity index (χ0v) is 30.7. The van der Waals surface area contributed by atoms with Gasteiger partial charge in [0.2, 0.25) is 0 Å². The second-order valence-electron chi connectivity index (χ2n) is 13.1. The summed E-state index contributed by atoms with van der Waals surface area (Å²) in [7, 11) is 0. The molecule has 2 N–H and O–H groups in total. The van der Waals surface area contributed by atoms with Crippen LogP contribution in [-0.4, -0.2) is 74.6 Å². The average molecular weight is 798 g/mol. The van der Waals surface area contributed by atoms with Crippen LogP contribution in [0.15, 0.2) is 75.7 Å². The van der Waals surface area contributed by atoms with E-state index in [2.05, 4.69) is 77.4 Å². The van der Waals surface area contributed by atoms with Crippen molar-refractivity contribution in [2.75, 3.05) is 38.0 Å². The summed E-state index contributed by atoms with van der Waals surface area (Å²) in [6, 6.07) is 22.0. The van der Waals surface area contributed by atoms with Crippen molar-refractivity contribution in [3.63, 3.8) is 0 Å². The Bertz CT molecular complexity index is 1790.